The fourth-order valence-corrected chi connectivity index (χ4v) is 3.97. The lowest BCUT2D eigenvalue weighted by molar-refractivity contribution is -0.135. The number of nitrogens with one attached hydrogen (secondary N) is 2. The van der Waals surface area contributed by atoms with E-state index in [1.807, 2.05) is 43.3 Å². The molecule has 0 heterocycles. The number of carbonyl (C=O) groups excluding carboxylic acids is 1. The monoisotopic (exact) mass is 412 g/mol. The van der Waals surface area contributed by atoms with Gasteiger partial charge in [0.1, 0.15) is 6.54 Å². The van der Waals surface area contributed by atoms with Gasteiger partial charge in [0, 0.05) is 12.1 Å². The van der Waals surface area contributed by atoms with Crippen molar-refractivity contribution in [3.63, 3.8) is 0 Å². The Balaban J connectivity index is 1.74. The molecule has 0 fully saturated rings. The van der Waals surface area contributed by atoms with Crippen LogP contribution >= 0.6 is 0 Å². The Morgan fingerprint density at radius 1 is 0.931 bits per heavy atom. The lowest BCUT2D eigenvalue weighted by Gasteiger charge is -2.11. The van der Waals surface area contributed by atoms with Crippen molar-refractivity contribution < 1.29 is 23.1 Å². The van der Waals surface area contributed by atoms with Crippen LogP contribution in [0.1, 0.15) is 21.5 Å². The van der Waals surface area contributed by atoms with E-state index >= 15 is 0 Å². The van der Waals surface area contributed by atoms with Gasteiger partial charge in [-0.05, 0) is 53.1 Å². The number of carboxylic acid groups (broad SMARTS) is 1. The van der Waals surface area contributed by atoms with Gasteiger partial charge in [0.05, 0.1) is 4.90 Å². The number of sulfonamides is 1. The Morgan fingerprint density at radius 3 is 2.24 bits per heavy atom. The molecule has 0 bridgehead atoms. The number of carboxylic acids is 1. The molecule has 0 atom stereocenters. The first-order valence-corrected chi connectivity index (χ1v) is 10.3. The molecule has 0 saturated heterocycles. The topological polar surface area (TPSA) is 113 Å². The highest BCUT2D eigenvalue weighted by Crippen LogP contribution is 2.22. The molecule has 8 heteroatoms. The van der Waals surface area contributed by atoms with Crippen molar-refractivity contribution in [1.29, 1.82) is 0 Å². The molecular formula is C21H20N2O5S. The largest absolute Gasteiger partial charge is 0.480 e. The van der Waals surface area contributed by atoms with Gasteiger partial charge < -0.3 is 10.4 Å². The van der Waals surface area contributed by atoms with Crippen LogP contribution in [0.25, 0.3) is 10.8 Å². The highest BCUT2D eigenvalue weighted by Gasteiger charge is 2.16. The first-order chi connectivity index (χ1) is 13.8. The molecule has 150 valence electrons. The van der Waals surface area contributed by atoms with Crippen LogP contribution in [0.15, 0.2) is 65.6 Å². The van der Waals surface area contributed by atoms with Crippen molar-refractivity contribution in [1.82, 2.24) is 10.0 Å². The number of amides is 1. The first-order valence-electron chi connectivity index (χ1n) is 8.85. The minimum absolute atomic E-state index is 0.0173. The summed E-state index contributed by atoms with van der Waals surface area (Å²) in [6.45, 7) is 1.62. The molecule has 0 aromatic heterocycles. The van der Waals surface area contributed by atoms with E-state index in [0.717, 1.165) is 21.9 Å². The van der Waals surface area contributed by atoms with Crippen molar-refractivity contribution in [2.24, 2.45) is 0 Å². The second-order valence-corrected chi connectivity index (χ2v) is 8.28. The Kier molecular flexibility index (Phi) is 5.95. The molecule has 29 heavy (non-hydrogen) atoms. The molecule has 0 aliphatic carbocycles. The number of benzene rings is 3. The van der Waals surface area contributed by atoms with Gasteiger partial charge in [-0.2, -0.15) is 0 Å². The standard InChI is InChI=1S/C21H20N2O5S/c1-14-6-7-16(19-5-3-2-4-18(14)19)12-23-29(27,28)17-10-8-15(9-11-17)21(26)22-13-20(24)25/h2-11,23H,12-13H2,1H3,(H,22,26)(H,24,25). The van der Waals surface area contributed by atoms with Crippen molar-refractivity contribution in [2.45, 2.75) is 18.4 Å². The predicted molar refractivity (Wildman–Crippen MR) is 109 cm³/mol. The van der Waals surface area contributed by atoms with E-state index in [4.69, 9.17) is 5.11 Å². The van der Waals surface area contributed by atoms with E-state index in [2.05, 4.69) is 10.0 Å². The van der Waals surface area contributed by atoms with Crippen molar-refractivity contribution in [3.05, 3.63) is 77.4 Å². The van der Waals surface area contributed by atoms with E-state index in [1.54, 1.807) is 0 Å². The van der Waals surface area contributed by atoms with Gasteiger partial charge in [0.25, 0.3) is 5.91 Å². The number of hydrogen-bond acceptors (Lipinski definition) is 4. The summed E-state index contributed by atoms with van der Waals surface area (Å²) in [5.41, 5.74) is 2.15. The molecule has 3 rings (SSSR count). The molecule has 7 nitrogen and oxygen atoms in total. The lowest BCUT2D eigenvalue weighted by atomic mass is 10.0. The minimum Gasteiger partial charge on any atom is -0.480 e. The molecule has 0 aliphatic rings. The van der Waals surface area contributed by atoms with Gasteiger partial charge >= 0.3 is 5.97 Å². The normalized spacial score (nSPS) is 11.3. The Hall–Kier alpha value is -3.23. The number of aryl methyl sites for hydroxylation is 1. The third-order valence-electron chi connectivity index (χ3n) is 4.51. The van der Waals surface area contributed by atoms with Crippen LogP contribution in [0.5, 0.6) is 0 Å². The number of hydrogen-bond donors (Lipinski definition) is 3. The summed E-state index contributed by atoms with van der Waals surface area (Å²) in [4.78, 5) is 22.4. The molecular weight excluding hydrogens is 392 g/mol. The summed E-state index contributed by atoms with van der Waals surface area (Å²) >= 11 is 0. The highest BCUT2D eigenvalue weighted by atomic mass is 32.2. The van der Waals surface area contributed by atoms with Gasteiger partial charge in [-0.15, -0.1) is 0 Å². The molecule has 3 aromatic rings. The molecule has 0 spiro atoms. The van der Waals surface area contributed by atoms with E-state index in [1.165, 1.54) is 24.3 Å². The second kappa shape index (κ2) is 8.42. The maximum atomic E-state index is 12.6. The van der Waals surface area contributed by atoms with Crippen molar-refractivity contribution in [3.8, 4) is 0 Å². The number of rotatable bonds is 7. The summed E-state index contributed by atoms with van der Waals surface area (Å²) in [6.07, 6.45) is 0. The zero-order valence-corrected chi connectivity index (χ0v) is 16.5. The number of fused-ring (bicyclic) bond motifs is 1. The number of aliphatic carboxylic acids is 1. The van der Waals surface area contributed by atoms with Gasteiger partial charge in [0.2, 0.25) is 10.0 Å². The Labute approximate surface area is 168 Å². The fourth-order valence-electron chi connectivity index (χ4n) is 2.97. The summed E-state index contributed by atoms with van der Waals surface area (Å²) < 4.78 is 27.8. The summed E-state index contributed by atoms with van der Waals surface area (Å²) in [7, 11) is -3.78. The first kappa shape index (κ1) is 20.5. The molecule has 0 saturated carbocycles. The van der Waals surface area contributed by atoms with Crippen LogP contribution in [0.2, 0.25) is 0 Å². The van der Waals surface area contributed by atoms with Crippen molar-refractivity contribution in [2.75, 3.05) is 6.54 Å². The quantitative estimate of drug-likeness (QED) is 0.552. The average molecular weight is 412 g/mol. The third kappa shape index (κ3) is 4.79. The van der Waals surface area contributed by atoms with E-state index in [-0.39, 0.29) is 17.0 Å². The van der Waals surface area contributed by atoms with E-state index < -0.39 is 28.4 Å². The molecule has 3 N–H and O–H groups in total. The minimum atomic E-state index is -3.78. The molecule has 1 amide bonds. The average Bonchev–Trinajstić information content (AvgIpc) is 2.72. The van der Waals surface area contributed by atoms with Gasteiger partial charge in [-0.3, -0.25) is 9.59 Å². The van der Waals surface area contributed by atoms with Crippen LogP contribution in [0.4, 0.5) is 0 Å². The van der Waals surface area contributed by atoms with Crippen LogP contribution < -0.4 is 10.0 Å². The number of carbonyl (C=O) groups is 2. The molecule has 0 aliphatic heterocycles. The molecule has 3 aromatic carbocycles. The fraction of sp³-hybridized carbons (Fsp3) is 0.143. The highest BCUT2D eigenvalue weighted by molar-refractivity contribution is 7.89. The zero-order chi connectivity index (χ0) is 21.0. The van der Waals surface area contributed by atoms with Gasteiger partial charge in [-0.25, -0.2) is 13.1 Å². The molecule has 0 radical (unpaired) electrons. The molecule has 0 unspecified atom stereocenters. The SMILES string of the molecule is Cc1ccc(CNS(=O)(=O)c2ccc(C(=O)NCC(=O)O)cc2)c2ccccc12. The van der Waals surface area contributed by atoms with E-state index in [9.17, 15) is 18.0 Å². The van der Waals surface area contributed by atoms with Gasteiger partial charge in [0.15, 0.2) is 0 Å². The predicted octanol–water partition coefficient (Wildman–Crippen LogP) is 2.44. The Morgan fingerprint density at radius 2 is 1.59 bits per heavy atom. The lowest BCUT2D eigenvalue weighted by Crippen LogP contribution is -2.29. The Bertz CT molecular complexity index is 1170. The van der Waals surface area contributed by atoms with Gasteiger partial charge in [-0.1, -0.05) is 36.4 Å². The smallest absolute Gasteiger partial charge is 0.322 e. The van der Waals surface area contributed by atoms with Crippen LogP contribution in [-0.4, -0.2) is 31.9 Å². The summed E-state index contributed by atoms with van der Waals surface area (Å²) in [5.74, 6) is -1.75. The summed E-state index contributed by atoms with van der Waals surface area (Å²) in [6, 6.07) is 17.0. The maximum absolute atomic E-state index is 12.6. The third-order valence-corrected chi connectivity index (χ3v) is 5.93. The van der Waals surface area contributed by atoms with Crippen molar-refractivity contribution >= 4 is 32.7 Å². The van der Waals surface area contributed by atoms with Crippen LogP contribution in [0.3, 0.4) is 0 Å². The maximum Gasteiger partial charge on any atom is 0.322 e. The van der Waals surface area contributed by atoms with E-state index in [0.29, 0.717) is 0 Å². The zero-order valence-electron chi connectivity index (χ0n) is 15.7. The van der Waals surface area contributed by atoms with Crippen LogP contribution in [0, 0.1) is 6.92 Å². The summed E-state index contributed by atoms with van der Waals surface area (Å²) in [5, 5.41) is 12.9. The second-order valence-electron chi connectivity index (χ2n) is 6.51. The van der Waals surface area contributed by atoms with Crippen LogP contribution in [-0.2, 0) is 21.4 Å².